The van der Waals surface area contributed by atoms with Gasteiger partial charge in [0.15, 0.2) is 0 Å². The van der Waals surface area contributed by atoms with Crippen molar-refractivity contribution < 1.29 is 9.47 Å². The lowest BCUT2D eigenvalue weighted by molar-refractivity contribution is 0.404. The van der Waals surface area contributed by atoms with Crippen LogP contribution in [0.1, 0.15) is 29.4 Å². The summed E-state index contributed by atoms with van der Waals surface area (Å²) in [5.41, 5.74) is 2.67. The van der Waals surface area contributed by atoms with Crippen LogP contribution in [0.5, 0.6) is 11.5 Å². The quantitative estimate of drug-likeness (QED) is 0.481. The van der Waals surface area contributed by atoms with E-state index >= 15 is 0 Å². The summed E-state index contributed by atoms with van der Waals surface area (Å²) in [4.78, 5) is 0. The molecular formula is C21H18O2. The second-order valence-electron chi connectivity index (χ2n) is 6.47. The maximum atomic E-state index is 5.88. The van der Waals surface area contributed by atoms with E-state index in [0.29, 0.717) is 11.8 Å². The van der Waals surface area contributed by atoms with E-state index in [4.69, 9.17) is 9.47 Å². The van der Waals surface area contributed by atoms with E-state index < -0.39 is 0 Å². The average Bonchev–Trinajstić information content (AvgIpc) is 3.20. The highest BCUT2D eigenvalue weighted by Gasteiger charge is 2.39. The zero-order valence-electron chi connectivity index (χ0n) is 13.3. The maximum Gasteiger partial charge on any atom is 0.131 e. The minimum Gasteiger partial charge on any atom is -0.496 e. The van der Waals surface area contributed by atoms with E-state index in [2.05, 4.69) is 48.6 Å². The van der Waals surface area contributed by atoms with E-state index in [1.165, 1.54) is 21.9 Å². The zero-order valence-corrected chi connectivity index (χ0v) is 13.3. The first-order valence-electron chi connectivity index (χ1n) is 8.10. The van der Waals surface area contributed by atoms with E-state index in [1.54, 1.807) is 14.2 Å². The summed E-state index contributed by atoms with van der Waals surface area (Å²) in [5.74, 6) is 2.99. The maximum absolute atomic E-state index is 5.88. The Kier molecular flexibility index (Phi) is 2.55. The first-order chi connectivity index (χ1) is 11.3. The molecule has 5 rings (SSSR count). The first kappa shape index (κ1) is 13.0. The number of benzene rings is 3. The van der Waals surface area contributed by atoms with Crippen LogP contribution in [0.2, 0.25) is 0 Å². The molecule has 2 atom stereocenters. The second kappa shape index (κ2) is 4.51. The van der Waals surface area contributed by atoms with Crippen molar-refractivity contribution >= 4 is 21.5 Å². The van der Waals surface area contributed by atoms with Crippen molar-refractivity contribution in [2.75, 3.05) is 14.2 Å². The van der Waals surface area contributed by atoms with Gasteiger partial charge in [0.25, 0.3) is 0 Å². The number of allylic oxidation sites excluding steroid dienone is 2. The van der Waals surface area contributed by atoms with Crippen LogP contribution in [-0.2, 0) is 0 Å². The molecule has 23 heavy (non-hydrogen) atoms. The summed E-state index contributed by atoms with van der Waals surface area (Å²) in [6.45, 7) is 0. The summed E-state index contributed by atoms with van der Waals surface area (Å²) < 4.78 is 11.8. The van der Waals surface area contributed by atoms with Gasteiger partial charge in [-0.15, -0.1) is 0 Å². The van der Waals surface area contributed by atoms with Crippen LogP contribution in [-0.4, -0.2) is 14.2 Å². The van der Waals surface area contributed by atoms with Gasteiger partial charge in [0.1, 0.15) is 11.5 Å². The molecule has 0 unspecified atom stereocenters. The molecule has 0 aromatic heterocycles. The first-order valence-corrected chi connectivity index (χ1v) is 8.10. The Morgan fingerprint density at radius 2 is 1.26 bits per heavy atom. The fourth-order valence-electron chi connectivity index (χ4n) is 4.45. The topological polar surface area (TPSA) is 18.5 Å². The molecule has 0 saturated heterocycles. The summed E-state index contributed by atoms with van der Waals surface area (Å²) in [6.07, 6.45) is 5.79. The molecule has 3 aromatic rings. The summed E-state index contributed by atoms with van der Waals surface area (Å²) >= 11 is 0. The molecule has 0 amide bonds. The van der Waals surface area contributed by atoms with Crippen LogP contribution in [0.4, 0.5) is 0 Å². The molecule has 3 aromatic carbocycles. The van der Waals surface area contributed by atoms with Gasteiger partial charge in [-0.3, -0.25) is 0 Å². The largest absolute Gasteiger partial charge is 0.496 e. The van der Waals surface area contributed by atoms with E-state index in [0.717, 1.165) is 28.7 Å². The van der Waals surface area contributed by atoms with Gasteiger partial charge in [-0.1, -0.05) is 36.4 Å². The van der Waals surface area contributed by atoms with Crippen molar-refractivity contribution in [3.63, 3.8) is 0 Å². The number of hydrogen-bond acceptors (Lipinski definition) is 2. The smallest absolute Gasteiger partial charge is 0.131 e. The molecule has 0 N–H and O–H groups in total. The summed E-state index contributed by atoms with van der Waals surface area (Å²) in [7, 11) is 3.57. The standard InChI is InChI=1S/C21H18O2/c1-22-20-16-10-12-5-3-4-6-13(12)11-17(16)21(23-2)19-15-8-7-14(9-15)18(19)20/h3-8,10-11,14-15H,9H2,1-2H3/t14-,15+. The average molecular weight is 302 g/mol. The van der Waals surface area contributed by atoms with Crippen LogP contribution < -0.4 is 9.47 Å². The van der Waals surface area contributed by atoms with Crippen LogP contribution >= 0.6 is 0 Å². The molecule has 2 nitrogen and oxygen atoms in total. The third-order valence-electron chi connectivity index (χ3n) is 5.39. The minimum absolute atomic E-state index is 0.467. The van der Waals surface area contributed by atoms with Gasteiger partial charge in [0, 0.05) is 33.7 Å². The number of ether oxygens (including phenoxy) is 2. The fraction of sp³-hybridized carbons (Fsp3) is 0.238. The molecule has 0 radical (unpaired) electrons. The van der Waals surface area contributed by atoms with Crippen molar-refractivity contribution in [2.45, 2.75) is 18.3 Å². The van der Waals surface area contributed by atoms with E-state index in [-0.39, 0.29) is 0 Å². The second-order valence-corrected chi connectivity index (χ2v) is 6.47. The van der Waals surface area contributed by atoms with Gasteiger partial charge in [0.05, 0.1) is 14.2 Å². The molecule has 0 spiro atoms. The third kappa shape index (κ3) is 1.58. The molecule has 0 saturated carbocycles. The molecule has 2 aliphatic rings. The number of rotatable bonds is 2. The molecule has 0 heterocycles. The molecule has 2 heteroatoms. The Hall–Kier alpha value is -2.48. The molecule has 114 valence electrons. The van der Waals surface area contributed by atoms with Crippen molar-refractivity contribution in [3.05, 3.63) is 59.7 Å². The Morgan fingerprint density at radius 3 is 1.70 bits per heavy atom. The fourth-order valence-corrected chi connectivity index (χ4v) is 4.45. The van der Waals surface area contributed by atoms with Crippen molar-refractivity contribution in [1.29, 1.82) is 0 Å². The Morgan fingerprint density at radius 1 is 0.783 bits per heavy atom. The molecule has 0 aliphatic heterocycles. The van der Waals surface area contributed by atoms with E-state index in [1.807, 2.05) is 0 Å². The predicted octanol–water partition coefficient (Wildman–Crippen LogP) is 5.15. The van der Waals surface area contributed by atoms with Gasteiger partial charge in [-0.2, -0.15) is 0 Å². The van der Waals surface area contributed by atoms with Gasteiger partial charge in [-0.05, 0) is 29.3 Å². The van der Waals surface area contributed by atoms with Crippen LogP contribution in [0, 0.1) is 0 Å². The van der Waals surface area contributed by atoms with Gasteiger partial charge >= 0.3 is 0 Å². The SMILES string of the molecule is COc1c2c(c(OC)c3cc4ccccc4cc13)[C@H]1C=C[C@@H]2C1. The molecule has 2 aliphatic carbocycles. The normalized spacial score (nSPS) is 21.1. The van der Waals surface area contributed by atoms with Gasteiger partial charge in [-0.25, -0.2) is 0 Å². The minimum atomic E-state index is 0.467. The lowest BCUT2D eigenvalue weighted by Gasteiger charge is -2.21. The van der Waals surface area contributed by atoms with Gasteiger partial charge in [0.2, 0.25) is 0 Å². The summed E-state index contributed by atoms with van der Waals surface area (Å²) in [5, 5.41) is 4.78. The Balaban J connectivity index is 1.99. The highest BCUT2D eigenvalue weighted by atomic mass is 16.5. The number of hydrogen-bond donors (Lipinski definition) is 0. The third-order valence-corrected chi connectivity index (χ3v) is 5.39. The van der Waals surface area contributed by atoms with Crippen molar-refractivity contribution in [1.82, 2.24) is 0 Å². The Bertz CT molecular complexity index is 906. The monoisotopic (exact) mass is 302 g/mol. The van der Waals surface area contributed by atoms with Crippen molar-refractivity contribution in [3.8, 4) is 11.5 Å². The lowest BCUT2D eigenvalue weighted by Crippen LogP contribution is -2.02. The molecule has 0 fully saturated rings. The summed E-state index contributed by atoms with van der Waals surface area (Å²) in [6, 6.07) is 12.9. The highest BCUT2D eigenvalue weighted by Crippen LogP contribution is 2.58. The van der Waals surface area contributed by atoms with Crippen LogP contribution in [0.25, 0.3) is 21.5 Å². The van der Waals surface area contributed by atoms with Crippen LogP contribution in [0.15, 0.2) is 48.6 Å². The zero-order chi connectivity index (χ0) is 15.6. The van der Waals surface area contributed by atoms with Crippen LogP contribution in [0.3, 0.4) is 0 Å². The molecular weight excluding hydrogens is 284 g/mol. The van der Waals surface area contributed by atoms with Gasteiger partial charge < -0.3 is 9.47 Å². The lowest BCUT2D eigenvalue weighted by atomic mass is 9.89. The van der Waals surface area contributed by atoms with Crippen molar-refractivity contribution in [2.24, 2.45) is 0 Å². The molecule has 2 bridgehead atoms. The Labute approximate surface area is 135 Å². The highest BCUT2D eigenvalue weighted by molar-refractivity contribution is 6.05. The number of fused-ring (bicyclic) bond motifs is 7. The number of methoxy groups -OCH3 is 2. The van der Waals surface area contributed by atoms with E-state index in [9.17, 15) is 0 Å². The predicted molar refractivity (Wildman–Crippen MR) is 93.8 cm³/mol.